The summed E-state index contributed by atoms with van der Waals surface area (Å²) in [5.41, 5.74) is 8.43. The zero-order valence-corrected chi connectivity index (χ0v) is 10.1. The standard InChI is InChI=1S/C13H14N2O3/c1-2-3-9-18-13(17)11(15-14)12(16)10-7-5-4-6-8-10/h4-8H,2-3,9H2,1H3. The molecule has 18 heavy (non-hydrogen) atoms. The molecule has 0 aliphatic carbocycles. The quantitative estimate of drug-likeness (QED) is 0.146. The number of hydrogen-bond donors (Lipinski definition) is 0. The molecule has 0 bridgehead atoms. The van der Waals surface area contributed by atoms with Crippen molar-refractivity contribution in [2.75, 3.05) is 6.61 Å². The fourth-order valence-electron chi connectivity index (χ4n) is 1.28. The number of ether oxygens (including phenoxy) is 1. The summed E-state index contributed by atoms with van der Waals surface area (Å²) in [5, 5.41) is 0. The van der Waals surface area contributed by atoms with Crippen LogP contribution in [0.5, 0.6) is 0 Å². The summed E-state index contributed by atoms with van der Waals surface area (Å²) < 4.78 is 4.83. The van der Waals surface area contributed by atoms with E-state index in [0.29, 0.717) is 6.42 Å². The van der Waals surface area contributed by atoms with Gasteiger partial charge in [-0.1, -0.05) is 43.7 Å². The average Bonchev–Trinajstić information content (AvgIpc) is 2.41. The van der Waals surface area contributed by atoms with Crippen molar-refractivity contribution in [2.45, 2.75) is 19.8 Å². The number of carbonyl (C=O) groups excluding carboxylic acids is 2. The van der Waals surface area contributed by atoms with Gasteiger partial charge in [-0.2, -0.15) is 4.79 Å². The molecule has 0 saturated carbocycles. The summed E-state index contributed by atoms with van der Waals surface area (Å²) in [6, 6.07) is 8.13. The van der Waals surface area contributed by atoms with E-state index in [9.17, 15) is 9.59 Å². The SMILES string of the molecule is CCCCOC(=O)C(=[N+]=[N-])C(=O)c1ccccc1. The van der Waals surface area contributed by atoms with Crippen LogP contribution in [-0.4, -0.2) is 28.9 Å². The van der Waals surface area contributed by atoms with E-state index in [1.54, 1.807) is 18.2 Å². The maximum absolute atomic E-state index is 11.9. The summed E-state index contributed by atoms with van der Waals surface area (Å²) in [7, 11) is 0. The van der Waals surface area contributed by atoms with E-state index in [2.05, 4.69) is 4.79 Å². The zero-order valence-electron chi connectivity index (χ0n) is 10.1. The minimum atomic E-state index is -0.903. The van der Waals surface area contributed by atoms with Crippen LogP contribution < -0.4 is 0 Å². The zero-order chi connectivity index (χ0) is 13.4. The van der Waals surface area contributed by atoms with Gasteiger partial charge in [-0.25, -0.2) is 4.79 Å². The lowest BCUT2D eigenvalue weighted by molar-refractivity contribution is -0.140. The van der Waals surface area contributed by atoms with Crippen LogP contribution in [0.1, 0.15) is 30.1 Å². The molecule has 0 unspecified atom stereocenters. The third kappa shape index (κ3) is 3.64. The Labute approximate surface area is 105 Å². The lowest BCUT2D eigenvalue weighted by Gasteiger charge is -2.00. The van der Waals surface area contributed by atoms with E-state index in [-0.39, 0.29) is 12.2 Å². The van der Waals surface area contributed by atoms with Crippen molar-refractivity contribution in [1.82, 2.24) is 0 Å². The summed E-state index contributed by atoms with van der Waals surface area (Å²) in [5.74, 6) is -1.56. The van der Waals surface area contributed by atoms with E-state index in [1.165, 1.54) is 12.1 Å². The second kappa shape index (κ2) is 7.14. The molecule has 94 valence electrons. The van der Waals surface area contributed by atoms with Gasteiger partial charge in [-0.3, -0.25) is 4.79 Å². The van der Waals surface area contributed by atoms with E-state index < -0.39 is 17.5 Å². The second-order valence-electron chi connectivity index (χ2n) is 3.63. The predicted octanol–water partition coefficient (Wildman–Crippen LogP) is 1.88. The Morgan fingerprint density at radius 3 is 2.50 bits per heavy atom. The van der Waals surface area contributed by atoms with E-state index in [4.69, 9.17) is 10.3 Å². The van der Waals surface area contributed by atoms with Crippen LogP contribution >= 0.6 is 0 Å². The molecular formula is C13H14N2O3. The first kappa shape index (κ1) is 13.8. The summed E-state index contributed by atoms with van der Waals surface area (Å²) >= 11 is 0. The van der Waals surface area contributed by atoms with Gasteiger partial charge in [0.1, 0.15) is 0 Å². The molecule has 0 N–H and O–H groups in total. The van der Waals surface area contributed by atoms with Crippen LogP contribution in [0, 0.1) is 0 Å². The normalized spacial score (nSPS) is 9.39. The lowest BCUT2D eigenvalue weighted by Crippen LogP contribution is -2.27. The number of unbranched alkanes of at least 4 members (excludes halogenated alkanes) is 1. The average molecular weight is 246 g/mol. The highest BCUT2D eigenvalue weighted by Crippen LogP contribution is 2.02. The maximum Gasteiger partial charge on any atom is 0.446 e. The summed E-state index contributed by atoms with van der Waals surface area (Å²) in [4.78, 5) is 26.1. The molecule has 0 amide bonds. The molecule has 1 aromatic carbocycles. The van der Waals surface area contributed by atoms with Crippen LogP contribution in [0.25, 0.3) is 5.53 Å². The van der Waals surface area contributed by atoms with Crippen LogP contribution in [0.2, 0.25) is 0 Å². The Hall–Kier alpha value is -2.26. The Bertz CT molecular complexity index is 476. The molecule has 0 fully saturated rings. The highest BCUT2D eigenvalue weighted by molar-refractivity contribution is 6.65. The predicted molar refractivity (Wildman–Crippen MR) is 65.3 cm³/mol. The molecule has 0 aliphatic heterocycles. The third-order valence-corrected chi connectivity index (χ3v) is 2.28. The van der Waals surface area contributed by atoms with Gasteiger partial charge >= 0.3 is 11.7 Å². The van der Waals surface area contributed by atoms with Crippen molar-refractivity contribution in [3.63, 3.8) is 0 Å². The maximum atomic E-state index is 11.9. The second-order valence-corrected chi connectivity index (χ2v) is 3.63. The molecule has 0 aliphatic rings. The van der Waals surface area contributed by atoms with Crippen molar-refractivity contribution in [3.8, 4) is 0 Å². The molecule has 0 aromatic heterocycles. The van der Waals surface area contributed by atoms with Crippen molar-refractivity contribution < 1.29 is 19.1 Å². The minimum absolute atomic E-state index is 0.205. The van der Waals surface area contributed by atoms with Crippen LogP contribution in [-0.2, 0) is 9.53 Å². The Kier molecular flexibility index (Phi) is 5.48. The number of carbonyl (C=O) groups is 2. The monoisotopic (exact) mass is 246 g/mol. The van der Waals surface area contributed by atoms with Gasteiger partial charge in [0.25, 0.3) is 5.78 Å². The van der Waals surface area contributed by atoms with Crippen molar-refractivity contribution in [2.24, 2.45) is 0 Å². The van der Waals surface area contributed by atoms with Gasteiger partial charge in [0, 0.05) is 5.56 Å². The number of nitrogens with zero attached hydrogens (tertiary/aromatic N) is 2. The fourth-order valence-corrected chi connectivity index (χ4v) is 1.28. The number of hydrogen-bond acceptors (Lipinski definition) is 3. The first-order valence-electron chi connectivity index (χ1n) is 5.69. The van der Waals surface area contributed by atoms with E-state index >= 15 is 0 Å². The molecule has 5 heteroatoms. The lowest BCUT2D eigenvalue weighted by atomic mass is 10.1. The van der Waals surface area contributed by atoms with Gasteiger partial charge in [0.2, 0.25) is 0 Å². The number of Topliss-reactive ketones (excluding diaryl/α,β-unsaturated/α-hetero) is 1. The molecule has 0 saturated heterocycles. The number of esters is 1. The minimum Gasteiger partial charge on any atom is -0.457 e. The first-order chi connectivity index (χ1) is 8.70. The van der Waals surface area contributed by atoms with Crippen LogP contribution in [0.4, 0.5) is 0 Å². The summed E-state index contributed by atoms with van der Waals surface area (Å²) in [6.45, 7) is 2.15. The van der Waals surface area contributed by atoms with E-state index in [0.717, 1.165) is 6.42 Å². The van der Waals surface area contributed by atoms with Gasteiger partial charge in [0.05, 0.1) is 6.61 Å². The van der Waals surface area contributed by atoms with E-state index in [1.807, 2.05) is 6.92 Å². The van der Waals surface area contributed by atoms with Gasteiger partial charge in [0.15, 0.2) is 0 Å². The van der Waals surface area contributed by atoms with Gasteiger partial charge in [-0.15, -0.1) is 0 Å². The van der Waals surface area contributed by atoms with Gasteiger partial charge < -0.3 is 10.3 Å². The molecule has 1 rings (SSSR count). The highest BCUT2D eigenvalue weighted by Gasteiger charge is 2.31. The van der Waals surface area contributed by atoms with Crippen molar-refractivity contribution in [1.29, 1.82) is 0 Å². The van der Waals surface area contributed by atoms with Crippen LogP contribution in [0.15, 0.2) is 30.3 Å². The van der Waals surface area contributed by atoms with Crippen molar-refractivity contribution >= 4 is 17.5 Å². The number of benzene rings is 1. The number of ketones is 1. The largest absolute Gasteiger partial charge is 0.457 e. The molecular weight excluding hydrogens is 232 g/mol. The Morgan fingerprint density at radius 1 is 1.28 bits per heavy atom. The smallest absolute Gasteiger partial charge is 0.446 e. The van der Waals surface area contributed by atoms with Crippen LogP contribution in [0.3, 0.4) is 0 Å². The highest BCUT2D eigenvalue weighted by atomic mass is 16.5. The first-order valence-corrected chi connectivity index (χ1v) is 5.69. The summed E-state index contributed by atoms with van der Waals surface area (Å²) in [6.07, 6.45) is 1.56. The fraction of sp³-hybridized carbons (Fsp3) is 0.308. The third-order valence-electron chi connectivity index (χ3n) is 2.28. The molecule has 0 radical (unpaired) electrons. The molecule has 1 aromatic rings. The molecule has 5 nitrogen and oxygen atoms in total. The van der Waals surface area contributed by atoms with Crippen molar-refractivity contribution in [3.05, 3.63) is 41.4 Å². The topological polar surface area (TPSA) is 79.8 Å². The Morgan fingerprint density at radius 2 is 1.94 bits per heavy atom. The number of rotatable bonds is 6. The molecule has 0 spiro atoms. The molecule has 0 heterocycles. The van der Waals surface area contributed by atoms with Gasteiger partial charge in [-0.05, 0) is 6.42 Å². The Balaban J connectivity index is 2.76. The molecule has 0 atom stereocenters.